The van der Waals surface area contributed by atoms with Crippen molar-refractivity contribution in [2.75, 3.05) is 6.26 Å². The lowest BCUT2D eigenvalue weighted by atomic mass is 10.1. The lowest BCUT2D eigenvalue weighted by molar-refractivity contribution is 0.151. The summed E-state index contributed by atoms with van der Waals surface area (Å²) < 4.78 is 0. The average molecular weight is 208 g/mol. The molecule has 1 aliphatic rings. The van der Waals surface area contributed by atoms with Crippen molar-refractivity contribution < 1.29 is 5.11 Å². The van der Waals surface area contributed by atoms with Gasteiger partial charge in [0.15, 0.2) is 0 Å². The van der Waals surface area contributed by atoms with Crippen molar-refractivity contribution in [1.29, 1.82) is 0 Å². The summed E-state index contributed by atoms with van der Waals surface area (Å²) in [7, 11) is 0. The number of aliphatic hydroxyl groups is 1. The molecular weight excluding hydrogens is 192 g/mol. The number of benzene rings is 1. The summed E-state index contributed by atoms with van der Waals surface area (Å²) in [6.07, 6.45) is 4.85. The molecule has 14 heavy (non-hydrogen) atoms. The number of hydrogen-bond donors (Lipinski definition) is 1. The summed E-state index contributed by atoms with van der Waals surface area (Å²) in [6, 6.07) is 6.48. The van der Waals surface area contributed by atoms with Crippen molar-refractivity contribution in [3.8, 4) is 0 Å². The molecule has 0 aliphatic heterocycles. The van der Waals surface area contributed by atoms with Crippen molar-refractivity contribution >= 4 is 11.8 Å². The zero-order valence-electron chi connectivity index (χ0n) is 8.71. The SMILES string of the molecule is CSc1cc(CC2(O)CC2)ccc1C. The molecule has 2 heteroatoms. The summed E-state index contributed by atoms with van der Waals surface area (Å²) in [6.45, 7) is 2.13. The fraction of sp³-hybridized carbons (Fsp3) is 0.500. The molecule has 0 atom stereocenters. The van der Waals surface area contributed by atoms with E-state index in [0.717, 1.165) is 19.3 Å². The Bertz CT molecular complexity index is 342. The maximum absolute atomic E-state index is 9.81. The maximum atomic E-state index is 9.81. The van der Waals surface area contributed by atoms with Crippen LogP contribution in [0.1, 0.15) is 24.0 Å². The van der Waals surface area contributed by atoms with Crippen molar-refractivity contribution in [3.05, 3.63) is 29.3 Å². The number of hydrogen-bond acceptors (Lipinski definition) is 2. The zero-order valence-corrected chi connectivity index (χ0v) is 9.53. The van der Waals surface area contributed by atoms with Crippen LogP contribution in [0, 0.1) is 6.92 Å². The van der Waals surface area contributed by atoms with Crippen LogP contribution in [0.15, 0.2) is 23.1 Å². The minimum Gasteiger partial charge on any atom is -0.390 e. The largest absolute Gasteiger partial charge is 0.390 e. The molecule has 76 valence electrons. The van der Waals surface area contributed by atoms with E-state index in [4.69, 9.17) is 0 Å². The molecular formula is C12H16OS. The van der Waals surface area contributed by atoms with E-state index in [9.17, 15) is 5.11 Å². The third-order valence-electron chi connectivity index (χ3n) is 2.83. The van der Waals surface area contributed by atoms with Gasteiger partial charge < -0.3 is 5.11 Å². The Morgan fingerprint density at radius 3 is 2.71 bits per heavy atom. The van der Waals surface area contributed by atoms with Gasteiger partial charge in [-0.15, -0.1) is 11.8 Å². The Morgan fingerprint density at radius 2 is 2.14 bits per heavy atom. The normalized spacial score (nSPS) is 18.2. The molecule has 1 saturated carbocycles. The predicted molar refractivity (Wildman–Crippen MR) is 60.8 cm³/mol. The summed E-state index contributed by atoms with van der Waals surface area (Å²) in [5.74, 6) is 0. The topological polar surface area (TPSA) is 20.2 Å². The lowest BCUT2D eigenvalue weighted by Crippen LogP contribution is -2.10. The number of rotatable bonds is 3. The van der Waals surface area contributed by atoms with E-state index in [1.165, 1.54) is 16.0 Å². The molecule has 0 radical (unpaired) electrons. The first-order chi connectivity index (χ1) is 6.63. The molecule has 1 fully saturated rings. The summed E-state index contributed by atoms with van der Waals surface area (Å²) in [5.41, 5.74) is 2.22. The highest BCUT2D eigenvalue weighted by Gasteiger charge is 2.40. The second kappa shape index (κ2) is 3.59. The van der Waals surface area contributed by atoms with Crippen LogP contribution in [-0.2, 0) is 6.42 Å². The molecule has 0 heterocycles. The second-order valence-corrected chi connectivity index (χ2v) is 5.05. The first-order valence-corrected chi connectivity index (χ1v) is 6.21. The smallest absolute Gasteiger partial charge is 0.0690 e. The van der Waals surface area contributed by atoms with Gasteiger partial charge >= 0.3 is 0 Å². The van der Waals surface area contributed by atoms with Gasteiger partial charge in [-0.2, -0.15) is 0 Å². The summed E-state index contributed by atoms with van der Waals surface area (Å²) in [5, 5.41) is 9.81. The Labute approximate surface area is 89.5 Å². The van der Waals surface area contributed by atoms with E-state index >= 15 is 0 Å². The molecule has 0 unspecified atom stereocenters. The third kappa shape index (κ3) is 2.12. The lowest BCUT2D eigenvalue weighted by Gasteiger charge is -2.10. The average Bonchev–Trinajstić information content (AvgIpc) is 2.87. The van der Waals surface area contributed by atoms with E-state index in [2.05, 4.69) is 31.4 Å². The highest BCUT2D eigenvalue weighted by molar-refractivity contribution is 7.98. The van der Waals surface area contributed by atoms with E-state index in [-0.39, 0.29) is 5.60 Å². The Hall–Kier alpha value is -0.470. The quantitative estimate of drug-likeness (QED) is 0.771. The van der Waals surface area contributed by atoms with Crippen LogP contribution in [0.4, 0.5) is 0 Å². The van der Waals surface area contributed by atoms with E-state index in [1.54, 1.807) is 11.8 Å². The fourth-order valence-electron chi connectivity index (χ4n) is 1.68. The molecule has 0 saturated heterocycles. The van der Waals surface area contributed by atoms with Gasteiger partial charge in [-0.3, -0.25) is 0 Å². The molecule has 1 N–H and O–H groups in total. The second-order valence-electron chi connectivity index (χ2n) is 4.21. The van der Waals surface area contributed by atoms with Crippen LogP contribution < -0.4 is 0 Å². The number of aryl methyl sites for hydroxylation is 1. The molecule has 0 spiro atoms. The van der Waals surface area contributed by atoms with Gasteiger partial charge in [0, 0.05) is 11.3 Å². The van der Waals surface area contributed by atoms with Crippen LogP contribution in [0.2, 0.25) is 0 Å². The summed E-state index contributed by atoms with van der Waals surface area (Å²) in [4.78, 5) is 1.33. The number of thioether (sulfide) groups is 1. The fourth-order valence-corrected chi connectivity index (χ4v) is 2.33. The molecule has 1 nitrogen and oxygen atoms in total. The van der Waals surface area contributed by atoms with Gasteiger partial charge in [0.25, 0.3) is 0 Å². The predicted octanol–water partition coefficient (Wildman–Crippen LogP) is 2.78. The van der Waals surface area contributed by atoms with E-state index in [1.807, 2.05) is 0 Å². The van der Waals surface area contributed by atoms with E-state index in [0.29, 0.717) is 0 Å². The highest BCUT2D eigenvalue weighted by atomic mass is 32.2. The van der Waals surface area contributed by atoms with Crippen LogP contribution in [0.25, 0.3) is 0 Å². The van der Waals surface area contributed by atoms with E-state index < -0.39 is 0 Å². The molecule has 1 aromatic rings. The van der Waals surface area contributed by atoms with Crippen molar-refractivity contribution in [1.82, 2.24) is 0 Å². The van der Waals surface area contributed by atoms with Crippen LogP contribution in [-0.4, -0.2) is 17.0 Å². The van der Waals surface area contributed by atoms with Crippen molar-refractivity contribution in [2.24, 2.45) is 0 Å². The standard InChI is InChI=1S/C12H16OS/c1-9-3-4-10(7-11(9)14-2)8-12(13)5-6-12/h3-4,7,13H,5-6,8H2,1-2H3. The Kier molecular flexibility index (Phi) is 2.58. The molecule has 0 aromatic heterocycles. The highest BCUT2D eigenvalue weighted by Crippen LogP contribution is 2.38. The molecule has 0 amide bonds. The van der Waals surface area contributed by atoms with Crippen molar-refractivity contribution in [3.63, 3.8) is 0 Å². The van der Waals surface area contributed by atoms with Gasteiger partial charge in [0.2, 0.25) is 0 Å². The minimum atomic E-state index is -0.370. The summed E-state index contributed by atoms with van der Waals surface area (Å²) >= 11 is 1.77. The molecule has 2 rings (SSSR count). The van der Waals surface area contributed by atoms with Gasteiger partial charge in [-0.05, 0) is 43.2 Å². The third-order valence-corrected chi connectivity index (χ3v) is 3.71. The van der Waals surface area contributed by atoms with Crippen molar-refractivity contribution in [2.45, 2.75) is 36.7 Å². The van der Waals surface area contributed by atoms with Crippen LogP contribution >= 0.6 is 11.8 Å². The Balaban J connectivity index is 2.18. The maximum Gasteiger partial charge on any atom is 0.0690 e. The molecule has 1 aliphatic carbocycles. The molecule has 0 bridgehead atoms. The van der Waals surface area contributed by atoms with Gasteiger partial charge in [0.05, 0.1) is 5.60 Å². The molecule has 1 aromatic carbocycles. The Morgan fingerprint density at radius 1 is 1.43 bits per heavy atom. The van der Waals surface area contributed by atoms with Crippen LogP contribution in [0.3, 0.4) is 0 Å². The zero-order chi connectivity index (χ0) is 10.2. The van der Waals surface area contributed by atoms with Gasteiger partial charge in [-0.25, -0.2) is 0 Å². The van der Waals surface area contributed by atoms with Gasteiger partial charge in [0.1, 0.15) is 0 Å². The van der Waals surface area contributed by atoms with Crippen LogP contribution in [0.5, 0.6) is 0 Å². The van der Waals surface area contributed by atoms with Gasteiger partial charge in [-0.1, -0.05) is 12.1 Å². The minimum absolute atomic E-state index is 0.370. The first-order valence-electron chi connectivity index (χ1n) is 4.99. The monoisotopic (exact) mass is 208 g/mol. The first kappa shape index (κ1) is 10.1.